The lowest BCUT2D eigenvalue weighted by Crippen LogP contribution is -2.39. The van der Waals surface area contributed by atoms with Crippen LogP contribution in [-0.4, -0.2) is 17.5 Å². The summed E-state index contributed by atoms with van der Waals surface area (Å²) in [5.74, 6) is 0.129. The highest BCUT2D eigenvalue weighted by molar-refractivity contribution is 5.34. The van der Waals surface area contributed by atoms with Crippen molar-refractivity contribution in [2.45, 2.75) is 83.2 Å². The van der Waals surface area contributed by atoms with Gasteiger partial charge < -0.3 is 0 Å². The lowest BCUT2D eigenvalue weighted by molar-refractivity contribution is 0.158. The first-order valence-electron chi connectivity index (χ1n) is 12.1. The molecular weight excluding hydrogens is 383 g/mol. The van der Waals surface area contributed by atoms with E-state index >= 15 is 0 Å². The van der Waals surface area contributed by atoms with Crippen LogP contribution in [0.4, 0.5) is 4.39 Å². The standard InChI is InChI=1S/C28H37FN2/c1-3-27(31(4-2)21-23-11-7-5-8-12-23)19-20-28(22-30,24-13-9-6-10-14-24)25-15-17-26(29)18-16-25/h5,7-8,11-12,15-18,24,27H,3-4,6,9-10,13-14,19-21H2,1-2H3. The summed E-state index contributed by atoms with van der Waals surface area (Å²) in [6.07, 6.45) is 8.74. The number of nitrogens with zero attached hydrogens (tertiary/aromatic N) is 2. The van der Waals surface area contributed by atoms with E-state index in [2.05, 4.69) is 55.1 Å². The Kier molecular flexibility index (Phi) is 8.67. The number of nitriles is 1. The fourth-order valence-corrected chi connectivity index (χ4v) is 5.49. The third kappa shape index (κ3) is 5.74. The van der Waals surface area contributed by atoms with Crippen LogP contribution in [0.5, 0.6) is 0 Å². The van der Waals surface area contributed by atoms with Crippen molar-refractivity contribution in [2.24, 2.45) is 5.92 Å². The van der Waals surface area contributed by atoms with Crippen LogP contribution in [0.1, 0.15) is 76.3 Å². The van der Waals surface area contributed by atoms with E-state index in [-0.39, 0.29) is 5.82 Å². The van der Waals surface area contributed by atoms with E-state index in [0.717, 1.165) is 50.8 Å². The first-order chi connectivity index (χ1) is 15.1. The van der Waals surface area contributed by atoms with Gasteiger partial charge in [0.05, 0.1) is 11.5 Å². The van der Waals surface area contributed by atoms with Gasteiger partial charge in [0, 0.05) is 12.6 Å². The third-order valence-corrected chi connectivity index (χ3v) is 7.36. The maximum Gasteiger partial charge on any atom is 0.123 e. The van der Waals surface area contributed by atoms with Crippen LogP contribution in [0.2, 0.25) is 0 Å². The summed E-state index contributed by atoms with van der Waals surface area (Å²) in [6.45, 7) is 6.41. The molecule has 31 heavy (non-hydrogen) atoms. The second-order valence-electron chi connectivity index (χ2n) is 9.07. The summed E-state index contributed by atoms with van der Waals surface area (Å²) in [5, 5.41) is 10.5. The van der Waals surface area contributed by atoms with Crippen LogP contribution in [0.15, 0.2) is 54.6 Å². The molecule has 0 bridgehead atoms. The number of benzene rings is 2. The number of hydrogen-bond acceptors (Lipinski definition) is 2. The predicted molar refractivity (Wildman–Crippen MR) is 126 cm³/mol. The summed E-state index contributed by atoms with van der Waals surface area (Å²) in [5.41, 5.74) is 1.82. The van der Waals surface area contributed by atoms with Gasteiger partial charge in [0.15, 0.2) is 0 Å². The van der Waals surface area contributed by atoms with Crippen molar-refractivity contribution in [2.75, 3.05) is 6.54 Å². The average molecular weight is 421 g/mol. The largest absolute Gasteiger partial charge is 0.296 e. The van der Waals surface area contributed by atoms with Gasteiger partial charge in [0.2, 0.25) is 0 Å². The molecule has 2 aromatic rings. The van der Waals surface area contributed by atoms with Crippen LogP contribution in [0, 0.1) is 23.1 Å². The molecule has 1 aliphatic rings. The lowest BCUT2D eigenvalue weighted by Gasteiger charge is -2.40. The molecule has 0 aromatic heterocycles. The van der Waals surface area contributed by atoms with Gasteiger partial charge in [0.25, 0.3) is 0 Å². The summed E-state index contributed by atoms with van der Waals surface area (Å²) >= 11 is 0. The zero-order valence-electron chi connectivity index (χ0n) is 19.2. The molecule has 0 radical (unpaired) electrons. The molecule has 2 aromatic carbocycles. The summed E-state index contributed by atoms with van der Waals surface area (Å²) in [4.78, 5) is 2.54. The molecule has 2 unspecified atom stereocenters. The molecule has 2 atom stereocenters. The van der Waals surface area contributed by atoms with Gasteiger partial charge in [-0.15, -0.1) is 0 Å². The number of halogens is 1. The van der Waals surface area contributed by atoms with Gasteiger partial charge >= 0.3 is 0 Å². The van der Waals surface area contributed by atoms with Gasteiger partial charge in [-0.05, 0) is 67.8 Å². The second kappa shape index (κ2) is 11.4. The quantitative estimate of drug-likeness (QED) is 0.405. The zero-order chi connectivity index (χ0) is 22.1. The highest BCUT2D eigenvalue weighted by atomic mass is 19.1. The molecule has 0 N–H and O–H groups in total. The van der Waals surface area contributed by atoms with Crippen LogP contribution in [-0.2, 0) is 12.0 Å². The molecule has 1 saturated carbocycles. The van der Waals surface area contributed by atoms with Gasteiger partial charge in [-0.1, -0.05) is 75.6 Å². The van der Waals surface area contributed by atoms with Gasteiger partial charge in [-0.3, -0.25) is 4.90 Å². The molecule has 0 heterocycles. The van der Waals surface area contributed by atoms with E-state index in [1.54, 1.807) is 0 Å². The SMILES string of the molecule is CCC(CCC(C#N)(c1ccc(F)cc1)C1CCCCC1)N(CC)Cc1ccccc1. The molecule has 3 rings (SSSR count). The maximum atomic E-state index is 13.7. The monoisotopic (exact) mass is 420 g/mol. The van der Waals surface area contributed by atoms with E-state index < -0.39 is 5.41 Å². The highest BCUT2D eigenvalue weighted by Crippen LogP contribution is 2.44. The lowest BCUT2D eigenvalue weighted by atomic mass is 9.63. The van der Waals surface area contributed by atoms with Gasteiger partial charge in [0.1, 0.15) is 5.82 Å². The highest BCUT2D eigenvalue weighted by Gasteiger charge is 2.41. The van der Waals surface area contributed by atoms with Crippen molar-refractivity contribution in [3.63, 3.8) is 0 Å². The zero-order valence-corrected chi connectivity index (χ0v) is 19.2. The van der Waals surface area contributed by atoms with Gasteiger partial charge in [-0.2, -0.15) is 5.26 Å². The average Bonchev–Trinajstić information content (AvgIpc) is 2.83. The normalized spacial score (nSPS) is 17.8. The first kappa shape index (κ1) is 23.5. The molecule has 0 aliphatic heterocycles. The molecule has 0 amide bonds. The third-order valence-electron chi connectivity index (χ3n) is 7.36. The summed E-state index contributed by atoms with van der Waals surface area (Å²) < 4.78 is 13.7. The Bertz CT molecular complexity index is 820. The van der Waals surface area contributed by atoms with E-state index in [1.165, 1.54) is 37.0 Å². The Labute approximate surface area is 188 Å². The Balaban J connectivity index is 1.82. The Hall–Kier alpha value is -2.18. The van der Waals surface area contributed by atoms with Crippen LogP contribution < -0.4 is 0 Å². The van der Waals surface area contributed by atoms with Crippen molar-refractivity contribution in [1.29, 1.82) is 5.26 Å². The molecule has 2 nitrogen and oxygen atoms in total. The molecule has 166 valence electrons. The van der Waals surface area contributed by atoms with E-state index in [1.807, 2.05) is 12.1 Å². The molecule has 3 heteroatoms. The fourth-order valence-electron chi connectivity index (χ4n) is 5.49. The van der Waals surface area contributed by atoms with E-state index in [0.29, 0.717) is 12.0 Å². The van der Waals surface area contributed by atoms with Crippen molar-refractivity contribution in [3.05, 3.63) is 71.5 Å². The van der Waals surface area contributed by atoms with Crippen LogP contribution in [0.3, 0.4) is 0 Å². The van der Waals surface area contributed by atoms with E-state index in [4.69, 9.17) is 0 Å². The smallest absolute Gasteiger partial charge is 0.123 e. The van der Waals surface area contributed by atoms with Crippen LogP contribution in [0.25, 0.3) is 0 Å². The molecule has 0 spiro atoms. The van der Waals surface area contributed by atoms with Crippen LogP contribution >= 0.6 is 0 Å². The second-order valence-corrected chi connectivity index (χ2v) is 9.07. The van der Waals surface area contributed by atoms with Gasteiger partial charge in [-0.25, -0.2) is 4.39 Å². The first-order valence-corrected chi connectivity index (χ1v) is 12.1. The molecular formula is C28H37FN2. The molecule has 1 aliphatic carbocycles. The molecule has 0 saturated heterocycles. The Morgan fingerprint density at radius 2 is 1.71 bits per heavy atom. The summed E-state index contributed by atoms with van der Waals surface area (Å²) in [7, 11) is 0. The Morgan fingerprint density at radius 1 is 1.03 bits per heavy atom. The minimum absolute atomic E-state index is 0.231. The maximum absolute atomic E-state index is 13.7. The number of hydrogen-bond donors (Lipinski definition) is 0. The minimum Gasteiger partial charge on any atom is -0.296 e. The number of rotatable bonds is 10. The topological polar surface area (TPSA) is 27.0 Å². The minimum atomic E-state index is -0.520. The predicted octanol–water partition coefficient (Wildman–Crippen LogP) is 7.25. The molecule has 1 fully saturated rings. The van der Waals surface area contributed by atoms with E-state index in [9.17, 15) is 9.65 Å². The van der Waals surface area contributed by atoms with Crippen molar-refractivity contribution >= 4 is 0 Å². The Morgan fingerprint density at radius 3 is 2.29 bits per heavy atom. The van der Waals surface area contributed by atoms with Crippen molar-refractivity contribution in [1.82, 2.24) is 4.90 Å². The summed E-state index contributed by atoms with van der Waals surface area (Å²) in [6, 6.07) is 20.6. The van der Waals surface area contributed by atoms with Crippen molar-refractivity contribution < 1.29 is 4.39 Å². The van der Waals surface area contributed by atoms with Crippen molar-refractivity contribution in [3.8, 4) is 6.07 Å². The fraction of sp³-hybridized carbons (Fsp3) is 0.536.